The predicted octanol–water partition coefficient (Wildman–Crippen LogP) is 3.72. The van der Waals surface area contributed by atoms with Crippen LogP contribution in [0.25, 0.3) is 0 Å². The van der Waals surface area contributed by atoms with Gasteiger partial charge in [0.2, 0.25) is 16.1 Å². The van der Waals surface area contributed by atoms with Gasteiger partial charge in [0.15, 0.2) is 0 Å². The summed E-state index contributed by atoms with van der Waals surface area (Å²) in [6.45, 7) is 3.50. The minimum atomic E-state index is -3.91. The third-order valence-corrected chi connectivity index (χ3v) is 5.63. The fourth-order valence-electron chi connectivity index (χ4n) is 2.50. The van der Waals surface area contributed by atoms with E-state index in [2.05, 4.69) is 4.72 Å². The minimum absolute atomic E-state index is 0.0651. The lowest BCUT2D eigenvalue weighted by molar-refractivity contribution is -0.527. The molecule has 0 heterocycles. The van der Waals surface area contributed by atoms with E-state index in [1.54, 1.807) is 43.3 Å². The second kappa shape index (κ2) is 7.95. The molecule has 6 nitrogen and oxygen atoms in total. The molecule has 2 aromatic carbocycles. The van der Waals surface area contributed by atoms with Crippen molar-refractivity contribution in [1.29, 1.82) is 0 Å². The van der Waals surface area contributed by atoms with Crippen molar-refractivity contribution in [3.63, 3.8) is 0 Å². The van der Waals surface area contributed by atoms with Gasteiger partial charge in [0.1, 0.15) is 6.04 Å². The summed E-state index contributed by atoms with van der Waals surface area (Å²) in [5, 5.41) is 11.9. The van der Waals surface area contributed by atoms with Crippen molar-refractivity contribution >= 4 is 21.6 Å². The van der Waals surface area contributed by atoms with Crippen LogP contribution in [0.4, 0.5) is 0 Å². The molecule has 0 radical (unpaired) electrons. The van der Waals surface area contributed by atoms with Crippen LogP contribution in [-0.4, -0.2) is 19.4 Å². The molecule has 134 valence electrons. The summed E-state index contributed by atoms with van der Waals surface area (Å²) in [4.78, 5) is 11.0. The molecule has 0 spiro atoms. The highest BCUT2D eigenvalue weighted by Gasteiger charge is 2.35. The van der Waals surface area contributed by atoms with Crippen molar-refractivity contribution in [1.82, 2.24) is 4.72 Å². The van der Waals surface area contributed by atoms with Crippen molar-refractivity contribution in [2.24, 2.45) is 0 Å². The van der Waals surface area contributed by atoms with Gasteiger partial charge in [0, 0.05) is 16.4 Å². The predicted molar refractivity (Wildman–Crippen MR) is 96.8 cm³/mol. The molecule has 0 saturated heterocycles. The first-order valence-corrected chi connectivity index (χ1v) is 9.58. The number of rotatable bonds is 7. The lowest BCUT2D eigenvalue weighted by Crippen LogP contribution is -2.39. The van der Waals surface area contributed by atoms with Crippen LogP contribution >= 0.6 is 11.6 Å². The number of nitrogens with zero attached hydrogens (tertiary/aromatic N) is 1. The molecule has 2 atom stereocenters. The van der Waals surface area contributed by atoms with E-state index in [1.165, 1.54) is 12.1 Å². The highest BCUT2D eigenvalue weighted by Crippen LogP contribution is 2.25. The number of benzene rings is 2. The van der Waals surface area contributed by atoms with Crippen LogP contribution < -0.4 is 4.72 Å². The molecular formula is C17H19ClN2O4S. The summed E-state index contributed by atoms with van der Waals surface area (Å²) in [6, 6.07) is 10.6. The van der Waals surface area contributed by atoms with Gasteiger partial charge < -0.3 is 0 Å². The van der Waals surface area contributed by atoms with Crippen LogP contribution in [-0.2, 0) is 10.0 Å². The fraction of sp³-hybridized carbons (Fsp3) is 0.294. The van der Waals surface area contributed by atoms with Gasteiger partial charge in [0.05, 0.1) is 4.90 Å². The van der Waals surface area contributed by atoms with E-state index >= 15 is 0 Å². The molecule has 0 fully saturated rings. The highest BCUT2D eigenvalue weighted by atomic mass is 35.5. The van der Waals surface area contributed by atoms with E-state index in [0.717, 1.165) is 5.56 Å². The highest BCUT2D eigenvalue weighted by molar-refractivity contribution is 7.89. The van der Waals surface area contributed by atoms with Crippen LogP contribution in [0.2, 0.25) is 5.02 Å². The van der Waals surface area contributed by atoms with Gasteiger partial charge in [-0.05, 0) is 36.8 Å². The number of nitrogens with one attached hydrogen (secondary N) is 1. The Morgan fingerprint density at radius 3 is 2.16 bits per heavy atom. The van der Waals surface area contributed by atoms with Crippen molar-refractivity contribution in [2.75, 3.05) is 0 Å². The SMILES string of the molecule is CCC(C(NS(=O)(=O)c1ccc(C)cc1)c1ccc(Cl)cc1)[N+](=O)[O-]. The Morgan fingerprint density at radius 1 is 1.12 bits per heavy atom. The lowest BCUT2D eigenvalue weighted by atomic mass is 9.99. The number of sulfonamides is 1. The van der Waals surface area contributed by atoms with Crippen molar-refractivity contribution in [3.8, 4) is 0 Å². The summed E-state index contributed by atoms with van der Waals surface area (Å²) < 4.78 is 27.8. The molecule has 2 aromatic rings. The van der Waals surface area contributed by atoms with Gasteiger partial charge in [0.25, 0.3) is 0 Å². The molecule has 0 bridgehead atoms. The molecule has 0 aliphatic heterocycles. The summed E-state index contributed by atoms with van der Waals surface area (Å²) >= 11 is 5.86. The fourth-order valence-corrected chi connectivity index (χ4v) is 3.88. The summed E-state index contributed by atoms with van der Waals surface area (Å²) in [5.74, 6) is 0. The zero-order valence-electron chi connectivity index (χ0n) is 13.8. The third kappa shape index (κ3) is 4.78. The van der Waals surface area contributed by atoms with Crippen LogP contribution in [0.1, 0.15) is 30.5 Å². The van der Waals surface area contributed by atoms with Crippen LogP contribution in [0, 0.1) is 17.0 Å². The van der Waals surface area contributed by atoms with Gasteiger partial charge in [-0.3, -0.25) is 10.1 Å². The molecule has 0 aliphatic rings. The molecule has 8 heteroatoms. The molecule has 25 heavy (non-hydrogen) atoms. The Hall–Kier alpha value is -1.96. The zero-order valence-corrected chi connectivity index (χ0v) is 15.4. The van der Waals surface area contributed by atoms with E-state index in [4.69, 9.17) is 11.6 Å². The number of hydrogen-bond donors (Lipinski definition) is 1. The second-order valence-electron chi connectivity index (χ2n) is 5.72. The van der Waals surface area contributed by atoms with Crippen molar-refractivity contribution in [2.45, 2.75) is 37.2 Å². The number of halogens is 1. The lowest BCUT2D eigenvalue weighted by Gasteiger charge is -2.22. The van der Waals surface area contributed by atoms with Crippen molar-refractivity contribution < 1.29 is 13.3 Å². The number of nitro groups is 1. The largest absolute Gasteiger partial charge is 0.264 e. The van der Waals surface area contributed by atoms with Gasteiger partial charge in [-0.2, -0.15) is 4.72 Å². The average Bonchev–Trinajstić information content (AvgIpc) is 2.55. The second-order valence-corrected chi connectivity index (χ2v) is 7.87. The summed E-state index contributed by atoms with van der Waals surface area (Å²) in [6.07, 6.45) is 0.177. The van der Waals surface area contributed by atoms with Crippen molar-refractivity contribution in [3.05, 3.63) is 74.8 Å². The smallest absolute Gasteiger partial charge is 0.241 e. The number of aryl methyl sites for hydroxylation is 1. The third-order valence-electron chi connectivity index (χ3n) is 3.92. The summed E-state index contributed by atoms with van der Waals surface area (Å²) in [7, 11) is -3.91. The van der Waals surface area contributed by atoms with Crippen LogP contribution in [0.5, 0.6) is 0 Å². The first-order valence-electron chi connectivity index (χ1n) is 7.72. The van der Waals surface area contributed by atoms with E-state index in [1.807, 2.05) is 6.92 Å². The Bertz CT molecular complexity index is 836. The minimum Gasteiger partial charge on any atom is -0.264 e. The molecule has 0 aromatic heterocycles. The molecule has 0 aliphatic carbocycles. The molecular weight excluding hydrogens is 364 g/mol. The standard InChI is InChI=1S/C17H19ClN2O4S/c1-3-16(20(21)22)17(13-6-8-14(18)9-7-13)19-25(23,24)15-10-4-12(2)5-11-15/h4-11,16-17,19H,3H2,1-2H3. The van der Waals surface area contributed by atoms with E-state index < -0.39 is 27.0 Å². The molecule has 2 rings (SSSR count). The zero-order chi connectivity index (χ0) is 18.6. The van der Waals surface area contributed by atoms with Crippen LogP contribution in [0.3, 0.4) is 0 Å². The Kier molecular flexibility index (Phi) is 6.16. The Balaban J connectivity index is 2.43. The first-order chi connectivity index (χ1) is 11.7. The number of hydrogen-bond acceptors (Lipinski definition) is 4. The average molecular weight is 383 g/mol. The molecule has 0 amide bonds. The topological polar surface area (TPSA) is 89.3 Å². The quantitative estimate of drug-likeness (QED) is 0.583. The maximum atomic E-state index is 12.7. The van der Waals surface area contributed by atoms with Gasteiger partial charge in [-0.15, -0.1) is 0 Å². The van der Waals surface area contributed by atoms with E-state index in [9.17, 15) is 18.5 Å². The van der Waals surface area contributed by atoms with Crippen LogP contribution in [0.15, 0.2) is 53.4 Å². The van der Waals surface area contributed by atoms with E-state index in [-0.39, 0.29) is 11.3 Å². The monoisotopic (exact) mass is 382 g/mol. The summed E-state index contributed by atoms with van der Waals surface area (Å²) in [5.41, 5.74) is 1.41. The Labute approximate surface area is 152 Å². The maximum absolute atomic E-state index is 12.7. The molecule has 0 saturated carbocycles. The molecule has 2 unspecified atom stereocenters. The van der Waals surface area contributed by atoms with Gasteiger partial charge >= 0.3 is 0 Å². The maximum Gasteiger partial charge on any atom is 0.241 e. The van der Waals surface area contributed by atoms with Gasteiger partial charge in [-0.25, -0.2) is 8.42 Å². The first kappa shape index (κ1) is 19.4. The van der Waals surface area contributed by atoms with Gasteiger partial charge in [-0.1, -0.05) is 48.4 Å². The normalized spacial score (nSPS) is 14.0. The Morgan fingerprint density at radius 2 is 1.68 bits per heavy atom. The molecule has 1 N–H and O–H groups in total. The van der Waals surface area contributed by atoms with E-state index in [0.29, 0.717) is 10.6 Å².